The molecule has 0 fully saturated rings. The van der Waals surface area contributed by atoms with Gasteiger partial charge in [0.2, 0.25) is 0 Å². The molecule has 0 bridgehead atoms. The predicted molar refractivity (Wildman–Crippen MR) is 56.9 cm³/mol. The molecule has 0 heterocycles. The Morgan fingerprint density at radius 3 is 2.08 bits per heavy atom. The zero-order valence-corrected chi connectivity index (χ0v) is 9.02. The zero-order valence-electron chi connectivity index (χ0n) is 9.02. The molecule has 0 aromatic rings. The highest BCUT2D eigenvalue weighted by Gasteiger charge is 2.17. The Labute approximate surface area is 77.4 Å². The van der Waals surface area contributed by atoms with Crippen molar-refractivity contribution >= 4 is 0 Å². The highest BCUT2D eigenvalue weighted by molar-refractivity contribution is 5.14. The number of allylic oxidation sites excluding steroid dienone is 3. The zero-order chi connectivity index (χ0) is 9.72. The van der Waals surface area contributed by atoms with Crippen LogP contribution in [0.15, 0.2) is 24.3 Å². The van der Waals surface area contributed by atoms with Gasteiger partial charge in [-0.2, -0.15) is 0 Å². The summed E-state index contributed by atoms with van der Waals surface area (Å²) in [6.45, 7) is 14.8. The lowest BCUT2D eigenvalue weighted by atomic mass is 9.81. The third kappa shape index (κ3) is 2.84. The van der Waals surface area contributed by atoms with E-state index >= 15 is 0 Å². The van der Waals surface area contributed by atoms with Crippen LogP contribution in [0.4, 0.5) is 0 Å². The predicted octanol–water partition coefficient (Wildman–Crippen LogP) is 4.01. The molecule has 0 nitrogen and oxygen atoms in total. The Bertz CT molecular complexity index is 165. The molecule has 12 heavy (non-hydrogen) atoms. The highest BCUT2D eigenvalue weighted by atomic mass is 14.2. The van der Waals surface area contributed by atoms with Crippen LogP contribution in [0, 0.1) is 17.8 Å². The van der Waals surface area contributed by atoms with Crippen molar-refractivity contribution in [2.75, 3.05) is 0 Å². The van der Waals surface area contributed by atoms with Gasteiger partial charge in [0.25, 0.3) is 0 Å². The second-order valence-electron chi connectivity index (χ2n) is 3.52. The molecule has 0 amide bonds. The molecule has 0 aromatic carbocycles. The molecule has 0 aliphatic rings. The van der Waals surface area contributed by atoms with E-state index in [2.05, 4.69) is 47.3 Å². The van der Waals surface area contributed by atoms with Crippen molar-refractivity contribution in [2.24, 2.45) is 11.8 Å². The standard InChI is InChI=1S/C12H21/c1-7-9(3)11(5)12(6)10(4)8-2/h7-9,12H,1H2,2-6H3. The molecule has 0 heteroatoms. The van der Waals surface area contributed by atoms with Gasteiger partial charge in [-0.3, -0.25) is 0 Å². The molecule has 0 aliphatic heterocycles. The maximum atomic E-state index is 3.81. The van der Waals surface area contributed by atoms with Crippen LogP contribution < -0.4 is 0 Å². The fraction of sp³-hybridized carbons (Fsp3) is 0.583. The maximum absolute atomic E-state index is 3.81. The summed E-state index contributed by atoms with van der Waals surface area (Å²) in [5, 5.41) is 0. The van der Waals surface area contributed by atoms with Gasteiger partial charge in [-0.25, -0.2) is 0 Å². The molecule has 2 unspecified atom stereocenters. The van der Waals surface area contributed by atoms with Crippen molar-refractivity contribution in [3.8, 4) is 0 Å². The lowest BCUT2D eigenvalue weighted by Gasteiger charge is -2.23. The Hall–Kier alpha value is -0.520. The summed E-state index contributed by atoms with van der Waals surface area (Å²) in [7, 11) is 0. The Morgan fingerprint density at radius 1 is 1.25 bits per heavy atom. The molecule has 0 aromatic heterocycles. The molecular formula is C12H21. The van der Waals surface area contributed by atoms with Crippen molar-refractivity contribution in [3.63, 3.8) is 0 Å². The first-order valence-corrected chi connectivity index (χ1v) is 4.63. The molecule has 2 atom stereocenters. The third-order valence-electron chi connectivity index (χ3n) is 2.89. The molecule has 0 N–H and O–H groups in total. The van der Waals surface area contributed by atoms with Crippen molar-refractivity contribution in [2.45, 2.75) is 34.6 Å². The summed E-state index contributed by atoms with van der Waals surface area (Å²) < 4.78 is 0. The normalized spacial score (nSPS) is 17.7. The lowest BCUT2D eigenvalue weighted by molar-refractivity contribution is 0.576. The maximum Gasteiger partial charge on any atom is -0.0138 e. The van der Waals surface area contributed by atoms with Crippen LogP contribution >= 0.6 is 0 Å². The third-order valence-corrected chi connectivity index (χ3v) is 2.89. The fourth-order valence-corrected chi connectivity index (χ4v) is 1.19. The lowest BCUT2D eigenvalue weighted by Crippen LogP contribution is -2.13. The first kappa shape index (κ1) is 11.5. The molecule has 69 valence electrons. The molecule has 0 spiro atoms. The van der Waals surface area contributed by atoms with Crippen LogP contribution in [0.2, 0.25) is 0 Å². The van der Waals surface area contributed by atoms with Gasteiger partial charge in [0.05, 0.1) is 0 Å². The molecule has 0 rings (SSSR count). The number of hydrogen-bond donors (Lipinski definition) is 0. The van der Waals surface area contributed by atoms with E-state index in [-0.39, 0.29) is 0 Å². The summed E-state index contributed by atoms with van der Waals surface area (Å²) in [5.74, 6) is 2.61. The van der Waals surface area contributed by atoms with Crippen molar-refractivity contribution in [1.82, 2.24) is 0 Å². The quantitative estimate of drug-likeness (QED) is 0.552. The first-order chi connectivity index (χ1) is 5.54. The van der Waals surface area contributed by atoms with Gasteiger partial charge >= 0.3 is 0 Å². The van der Waals surface area contributed by atoms with E-state index in [1.165, 1.54) is 11.5 Å². The number of rotatable bonds is 4. The Morgan fingerprint density at radius 2 is 1.75 bits per heavy atom. The van der Waals surface area contributed by atoms with Crippen molar-refractivity contribution in [3.05, 3.63) is 30.2 Å². The van der Waals surface area contributed by atoms with E-state index in [9.17, 15) is 0 Å². The van der Waals surface area contributed by atoms with Crippen molar-refractivity contribution < 1.29 is 0 Å². The van der Waals surface area contributed by atoms with Crippen LogP contribution in [0.1, 0.15) is 34.6 Å². The monoisotopic (exact) mass is 165 g/mol. The van der Waals surface area contributed by atoms with E-state index in [1.54, 1.807) is 0 Å². The van der Waals surface area contributed by atoms with E-state index in [4.69, 9.17) is 0 Å². The van der Waals surface area contributed by atoms with Gasteiger partial charge in [-0.05, 0) is 31.6 Å². The summed E-state index contributed by atoms with van der Waals surface area (Å²) in [6, 6.07) is 0. The van der Waals surface area contributed by atoms with Gasteiger partial charge in [-0.1, -0.05) is 38.5 Å². The van der Waals surface area contributed by atoms with Crippen LogP contribution in [0.3, 0.4) is 0 Å². The number of hydrogen-bond acceptors (Lipinski definition) is 0. The van der Waals surface area contributed by atoms with Gasteiger partial charge in [0.15, 0.2) is 0 Å². The van der Waals surface area contributed by atoms with Crippen LogP contribution in [-0.2, 0) is 0 Å². The molecular weight excluding hydrogens is 144 g/mol. The first-order valence-electron chi connectivity index (χ1n) is 4.63. The van der Waals surface area contributed by atoms with Gasteiger partial charge < -0.3 is 0 Å². The molecule has 1 radical (unpaired) electrons. The summed E-state index contributed by atoms with van der Waals surface area (Å²) in [6.07, 6.45) is 4.19. The van der Waals surface area contributed by atoms with Gasteiger partial charge in [0.1, 0.15) is 0 Å². The minimum Gasteiger partial charge on any atom is -0.103 e. The minimum absolute atomic E-state index is 0.523. The van der Waals surface area contributed by atoms with Crippen LogP contribution in [-0.4, -0.2) is 0 Å². The average Bonchev–Trinajstić information content (AvgIpc) is 2.12. The minimum atomic E-state index is 0.523. The van der Waals surface area contributed by atoms with Crippen LogP contribution in [0.25, 0.3) is 0 Å². The molecule has 0 saturated heterocycles. The van der Waals surface area contributed by atoms with Gasteiger partial charge in [0, 0.05) is 0 Å². The molecule has 0 aliphatic carbocycles. The second kappa shape index (κ2) is 5.18. The summed E-state index contributed by atoms with van der Waals surface area (Å²) in [5.41, 5.74) is 1.45. The fourth-order valence-electron chi connectivity index (χ4n) is 1.19. The summed E-state index contributed by atoms with van der Waals surface area (Å²) >= 11 is 0. The van der Waals surface area contributed by atoms with Crippen LogP contribution in [0.5, 0.6) is 0 Å². The molecule has 0 saturated carbocycles. The highest BCUT2D eigenvalue weighted by Crippen LogP contribution is 2.28. The van der Waals surface area contributed by atoms with E-state index < -0.39 is 0 Å². The van der Waals surface area contributed by atoms with E-state index in [0.29, 0.717) is 11.8 Å². The Balaban J connectivity index is 4.27. The Kier molecular flexibility index (Phi) is 4.96. The van der Waals surface area contributed by atoms with E-state index in [1.807, 2.05) is 6.08 Å². The van der Waals surface area contributed by atoms with E-state index in [0.717, 1.165) is 0 Å². The average molecular weight is 165 g/mol. The van der Waals surface area contributed by atoms with Gasteiger partial charge in [-0.15, -0.1) is 6.58 Å². The summed E-state index contributed by atoms with van der Waals surface area (Å²) in [4.78, 5) is 0. The second-order valence-corrected chi connectivity index (χ2v) is 3.52. The topological polar surface area (TPSA) is 0 Å². The van der Waals surface area contributed by atoms with Crippen molar-refractivity contribution in [1.29, 1.82) is 0 Å². The largest absolute Gasteiger partial charge is 0.103 e. The SMILES string of the molecule is C=CC(C)[C](C)C(C)C(C)=CC. The smallest absolute Gasteiger partial charge is 0.0138 e.